The lowest BCUT2D eigenvalue weighted by Crippen LogP contribution is -2.43. The first-order valence-corrected chi connectivity index (χ1v) is 7.00. The van der Waals surface area contributed by atoms with E-state index in [1.54, 1.807) is 32.2 Å². The van der Waals surface area contributed by atoms with Crippen LogP contribution in [-0.2, 0) is 4.79 Å². The third kappa shape index (κ3) is 3.45. The Labute approximate surface area is 126 Å². The molecule has 6 heteroatoms. The van der Waals surface area contributed by atoms with Crippen molar-refractivity contribution >= 4 is 44.7 Å². The molecule has 0 aliphatic carbocycles. The minimum Gasteiger partial charge on any atom is -0.496 e. The second-order valence-corrected chi connectivity index (χ2v) is 5.65. The van der Waals surface area contributed by atoms with E-state index in [-0.39, 0.29) is 10.9 Å². The number of halogens is 1. The number of amides is 1. The van der Waals surface area contributed by atoms with E-state index in [1.807, 2.05) is 6.92 Å². The normalized spacial score (nSPS) is 13.5. The van der Waals surface area contributed by atoms with Crippen molar-refractivity contribution in [3.8, 4) is 5.75 Å². The van der Waals surface area contributed by atoms with Crippen LogP contribution >= 0.6 is 28.1 Å². The number of hydrogen-bond donors (Lipinski definition) is 2. The Morgan fingerprint density at radius 1 is 1.58 bits per heavy atom. The Morgan fingerprint density at radius 2 is 2.21 bits per heavy atom. The molecule has 1 atom stereocenters. The SMILES string of the molecule is CCC(C)(C(=O)Nc1ccc(OC)c(Br)c1)C(N)=S. The topological polar surface area (TPSA) is 64.3 Å². The number of carbonyl (C=O) groups is 1. The number of thiocarbonyl (C=S) groups is 1. The number of benzene rings is 1. The van der Waals surface area contributed by atoms with Crippen molar-refractivity contribution in [2.45, 2.75) is 20.3 Å². The molecule has 1 aromatic carbocycles. The number of hydrogen-bond acceptors (Lipinski definition) is 3. The van der Waals surface area contributed by atoms with E-state index < -0.39 is 5.41 Å². The largest absolute Gasteiger partial charge is 0.496 e. The van der Waals surface area contributed by atoms with E-state index in [4.69, 9.17) is 22.7 Å². The molecule has 0 radical (unpaired) electrons. The zero-order chi connectivity index (χ0) is 14.6. The molecular formula is C13H17BrN2O2S. The van der Waals surface area contributed by atoms with Crippen LogP contribution < -0.4 is 15.8 Å². The van der Waals surface area contributed by atoms with Gasteiger partial charge >= 0.3 is 0 Å². The van der Waals surface area contributed by atoms with Crippen LogP contribution in [0.1, 0.15) is 20.3 Å². The Balaban J connectivity index is 2.94. The van der Waals surface area contributed by atoms with Crippen molar-refractivity contribution in [2.75, 3.05) is 12.4 Å². The molecule has 4 nitrogen and oxygen atoms in total. The average Bonchev–Trinajstić information content (AvgIpc) is 2.37. The highest BCUT2D eigenvalue weighted by Gasteiger charge is 2.34. The standard InChI is InChI=1S/C13H17BrN2O2S/c1-4-13(2,11(15)19)12(17)16-8-5-6-10(18-3)9(14)7-8/h5-7H,4H2,1-3H3,(H2,15,19)(H,16,17). The monoisotopic (exact) mass is 344 g/mol. The van der Waals surface area contributed by atoms with Gasteiger partial charge in [-0.3, -0.25) is 4.79 Å². The van der Waals surface area contributed by atoms with Crippen molar-refractivity contribution in [1.29, 1.82) is 0 Å². The summed E-state index contributed by atoms with van der Waals surface area (Å²) >= 11 is 8.34. The number of ether oxygens (including phenoxy) is 1. The number of rotatable bonds is 5. The maximum atomic E-state index is 12.2. The molecule has 104 valence electrons. The van der Waals surface area contributed by atoms with E-state index in [1.165, 1.54) is 0 Å². The van der Waals surface area contributed by atoms with Crippen molar-refractivity contribution < 1.29 is 9.53 Å². The number of carbonyl (C=O) groups excluding carboxylic acids is 1. The van der Waals surface area contributed by atoms with Crippen LogP contribution in [0.4, 0.5) is 5.69 Å². The van der Waals surface area contributed by atoms with Crippen LogP contribution in [0.15, 0.2) is 22.7 Å². The summed E-state index contributed by atoms with van der Waals surface area (Å²) in [4.78, 5) is 12.4. The molecule has 1 aromatic rings. The molecule has 0 saturated carbocycles. The van der Waals surface area contributed by atoms with Gasteiger partial charge in [0.15, 0.2) is 0 Å². The molecule has 0 heterocycles. The zero-order valence-corrected chi connectivity index (χ0v) is 13.5. The van der Waals surface area contributed by atoms with Gasteiger partial charge in [0.2, 0.25) is 5.91 Å². The minimum atomic E-state index is -0.845. The number of nitrogens with one attached hydrogen (secondary N) is 1. The van der Waals surface area contributed by atoms with Crippen LogP contribution in [0.25, 0.3) is 0 Å². The molecule has 1 rings (SSSR count). The number of methoxy groups -OCH3 is 1. The predicted molar refractivity (Wildman–Crippen MR) is 84.5 cm³/mol. The van der Waals surface area contributed by atoms with Crippen LogP contribution in [0.3, 0.4) is 0 Å². The second kappa shape index (κ2) is 6.34. The van der Waals surface area contributed by atoms with Crippen LogP contribution in [0.2, 0.25) is 0 Å². The van der Waals surface area contributed by atoms with E-state index in [0.717, 1.165) is 4.47 Å². The molecule has 0 bridgehead atoms. The fourth-order valence-corrected chi connectivity index (χ4v) is 2.24. The van der Waals surface area contributed by atoms with Crippen molar-refractivity contribution in [1.82, 2.24) is 0 Å². The molecule has 0 aliphatic rings. The highest BCUT2D eigenvalue weighted by Crippen LogP contribution is 2.29. The first-order chi connectivity index (χ1) is 8.85. The Kier molecular flexibility index (Phi) is 5.31. The minimum absolute atomic E-state index is 0.195. The van der Waals surface area contributed by atoms with Crippen LogP contribution in [0.5, 0.6) is 5.75 Å². The van der Waals surface area contributed by atoms with Gasteiger partial charge in [-0.1, -0.05) is 19.1 Å². The van der Waals surface area contributed by atoms with Crippen molar-refractivity contribution in [2.24, 2.45) is 11.1 Å². The van der Waals surface area contributed by atoms with Gasteiger partial charge in [0.05, 0.1) is 22.0 Å². The van der Waals surface area contributed by atoms with Crippen molar-refractivity contribution in [3.63, 3.8) is 0 Å². The summed E-state index contributed by atoms with van der Waals surface area (Å²) in [5, 5.41) is 2.81. The van der Waals surface area contributed by atoms with Crippen LogP contribution in [-0.4, -0.2) is 18.0 Å². The van der Waals surface area contributed by atoms with Gasteiger partial charge < -0.3 is 15.8 Å². The lowest BCUT2D eigenvalue weighted by molar-refractivity contribution is -0.121. The maximum Gasteiger partial charge on any atom is 0.237 e. The fourth-order valence-electron chi connectivity index (χ4n) is 1.46. The molecule has 0 aromatic heterocycles. The Hall–Kier alpha value is -1.14. The quantitative estimate of drug-likeness (QED) is 0.805. The molecule has 0 saturated heterocycles. The Bertz CT molecular complexity index is 507. The zero-order valence-electron chi connectivity index (χ0n) is 11.1. The van der Waals surface area contributed by atoms with E-state index in [2.05, 4.69) is 21.2 Å². The molecule has 0 fully saturated rings. The average molecular weight is 345 g/mol. The maximum absolute atomic E-state index is 12.2. The van der Waals surface area contributed by atoms with Crippen molar-refractivity contribution in [3.05, 3.63) is 22.7 Å². The fraction of sp³-hybridized carbons (Fsp3) is 0.385. The van der Waals surface area contributed by atoms with Gasteiger partial charge in [0.1, 0.15) is 5.75 Å². The Morgan fingerprint density at radius 3 is 2.63 bits per heavy atom. The molecule has 1 amide bonds. The third-order valence-electron chi connectivity index (χ3n) is 3.16. The molecule has 0 spiro atoms. The molecule has 19 heavy (non-hydrogen) atoms. The van der Waals surface area contributed by atoms with Gasteiger partial charge in [0.25, 0.3) is 0 Å². The van der Waals surface area contributed by atoms with Gasteiger partial charge in [-0.15, -0.1) is 0 Å². The lowest BCUT2D eigenvalue weighted by Gasteiger charge is -2.25. The highest BCUT2D eigenvalue weighted by atomic mass is 79.9. The number of anilines is 1. The molecule has 0 aliphatic heterocycles. The van der Waals surface area contributed by atoms with Crippen LogP contribution in [0, 0.1) is 5.41 Å². The predicted octanol–water partition coefficient (Wildman–Crippen LogP) is 3.10. The summed E-state index contributed by atoms with van der Waals surface area (Å²) in [6, 6.07) is 5.30. The number of nitrogens with two attached hydrogens (primary N) is 1. The molecule has 3 N–H and O–H groups in total. The van der Waals surface area contributed by atoms with Gasteiger partial charge in [0, 0.05) is 5.69 Å². The lowest BCUT2D eigenvalue weighted by atomic mass is 9.86. The van der Waals surface area contributed by atoms with E-state index >= 15 is 0 Å². The smallest absolute Gasteiger partial charge is 0.237 e. The highest BCUT2D eigenvalue weighted by molar-refractivity contribution is 9.10. The van der Waals surface area contributed by atoms with Gasteiger partial charge in [-0.2, -0.15) is 0 Å². The van der Waals surface area contributed by atoms with Gasteiger partial charge in [-0.25, -0.2) is 0 Å². The third-order valence-corrected chi connectivity index (χ3v) is 4.23. The molecular weight excluding hydrogens is 328 g/mol. The first kappa shape index (κ1) is 15.9. The van der Waals surface area contributed by atoms with Gasteiger partial charge in [-0.05, 0) is 47.5 Å². The first-order valence-electron chi connectivity index (χ1n) is 5.80. The van der Waals surface area contributed by atoms with E-state index in [0.29, 0.717) is 17.9 Å². The summed E-state index contributed by atoms with van der Waals surface area (Å²) in [5.41, 5.74) is 5.47. The summed E-state index contributed by atoms with van der Waals surface area (Å²) in [6.07, 6.45) is 0.547. The summed E-state index contributed by atoms with van der Waals surface area (Å²) < 4.78 is 5.90. The summed E-state index contributed by atoms with van der Waals surface area (Å²) in [5.74, 6) is 0.491. The molecule has 1 unspecified atom stereocenters. The summed E-state index contributed by atoms with van der Waals surface area (Å²) in [7, 11) is 1.58. The second-order valence-electron chi connectivity index (χ2n) is 4.35. The summed E-state index contributed by atoms with van der Waals surface area (Å²) in [6.45, 7) is 3.62. The van der Waals surface area contributed by atoms with E-state index in [9.17, 15) is 4.79 Å².